The lowest BCUT2D eigenvalue weighted by molar-refractivity contribution is 0.102. The molecule has 0 fully saturated rings. The highest BCUT2D eigenvalue weighted by atomic mass is 16.1. The Balaban J connectivity index is 1.78. The van der Waals surface area contributed by atoms with E-state index in [2.05, 4.69) is 20.6 Å². The van der Waals surface area contributed by atoms with Crippen molar-refractivity contribution >= 4 is 11.7 Å². The second kappa shape index (κ2) is 5.80. The maximum Gasteiger partial charge on any atom is 0.256 e. The molecule has 0 saturated carbocycles. The lowest BCUT2D eigenvalue weighted by Gasteiger charge is -2.05. The zero-order chi connectivity index (χ0) is 15.5. The van der Waals surface area contributed by atoms with Gasteiger partial charge in [-0.15, -0.1) is 5.10 Å². The Bertz CT molecular complexity index is 775. The summed E-state index contributed by atoms with van der Waals surface area (Å²) in [7, 11) is 0. The molecular weight excluding hydrogens is 280 g/mol. The standard InChI is InChI=1S/C15H16N6O/c1-11(2)21-17-10-14(19-21)18-15(22)12-5-3-6-13(9-12)20-8-4-7-16-20/h3-11H,1-2H3,(H,18,19,22). The summed E-state index contributed by atoms with van der Waals surface area (Å²) in [6, 6.07) is 9.20. The number of nitrogens with zero attached hydrogens (tertiary/aromatic N) is 5. The van der Waals surface area contributed by atoms with E-state index in [1.54, 1.807) is 27.8 Å². The Kier molecular flexibility index (Phi) is 3.69. The average Bonchev–Trinajstić information content (AvgIpc) is 3.19. The molecule has 2 heterocycles. The van der Waals surface area contributed by atoms with Gasteiger partial charge in [-0.1, -0.05) is 6.07 Å². The summed E-state index contributed by atoms with van der Waals surface area (Å²) in [5.41, 5.74) is 1.36. The lowest BCUT2D eigenvalue weighted by Crippen LogP contribution is -2.13. The quantitative estimate of drug-likeness (QED) is 0.801. The van der Waals surface area contributed by atoms with Crippen LogP contribution in [0.15, 0.2) is 48.9 Å². The van der Waals surface area contributed by atoms with E-state index in [0.29, 0.717) is 11.4 Å². The maximum atomic E-state index is 12.3. The number of anilines is 1. The van der Waals surface area contributed by atoms with Crippen LogP contribution in [-0.4, -0.2) is 30.7 Å². The fourth-order valence-electron chi connectivity index (χ4n) is 1.98. The van der Waals surface area contributed by atoms with Crippen LogP contribution in [0.1, 0.15) is 30.2 Å². The number of aromatic nitrogens is 5. The van der Waals surface area contributed by atoms with E-state index < -0.39 is 0 Å². The summed E-state index contributed by atoms with van der Waals surface area (Å²) >= 11 is 0. The summed E-state index contributed by atoms with van der Waals surface area (Å²) in [5, 5.41) is 15.2. The van der Waals surface area contributed by atoms with E-state index >= 15 is 0 Å². The van der Waals surface area contributed by atoms with E-state index in [1.807, 2.05) is 38.2 Å². The second-order valence-corrected chi connectivity index (χ2v) is 5.10. The molecule has 1 amide bonds. The summed E-state index contributed by atoms with van der Waals surface area (Å²) in [4.78, 5) is 13.8. The summed E-state index contributed by atoms with van der Waals surface area (Å²) in [6.07, 6.45) is 5.05. The number of benzene rings is 1. The topological polar surface area (TPSA) is 77.6 Å². The molecule has 2 aromatic heterocycles. The molecule has 0 radical (unpaired) electrons. The number of hydrogen-bond acceptors (Lipinski definition) is 4. The molecule has 0 spiro atoms. The van der Waals surface area contributed by atoms with Crippen LogP contribution in [-0.2, 0) is 0 Å². The molecule has 0 aliphatic rings. The highest BCUT2D eigenvalue weighted by Crippen LogP contribution is 2.12. The molecule has 112 valence electrons. The van der Waals surface area contributed by atoms with E-state index in [-0.39, 0.29) is 11.9 Å². The summed E-state index contributed by atoms with van der Waals surface area (Å²) in [6.45, 7) is 3.94. The highest BCUT2D eigenvalue weighted by molar-refractivity contribution is 6.03. The summed E-state index contributed by atoms with van der Waals surface area (Å²) < 4.78 is 1.70. The predicted octanol–water partition coefficient (Wildman–Crippen LogP) is 2.30. The largest absolute Gasteiger partial charge is 0.304 e. The smallest absolute Gasteiger partial charge is 0.256 e. The molecule has 0 aliphatic carbocycles. The summed E-state index contributed by atoms with van der Waals surface area (Å²) in [5.74, 6) is 0.202. The van der Waals surface area contributed by atoms with Crippen molar-refractivity contribution < 1.29 is 4.79 Å². The zero-order valence-corrected chi connectivity index (χ0v) is 12.3. The van der Waals surface area contributed by atoms with Crippen LogP contribution in [0.4, 0.5) is 5.82 Å². The van der Waals surface area contributed by atoms with Gasteiger partial charge in [0.25, 0.3) is 5.91 Å². The molecule has 3 rings (SSSR count). The van der Waals surface area contributed by atoms with Crippen molar-refractivity contribution in [1.82, 2.24) is 24.8 Å². The van der Waals surface area contributed by atoms with Crippen molar-refractivity contribution in [3.8, 4) is 5.69 Å². The van der Waals surface area contributed by atoms with Crippen LogP contribution >= 0.6 is 0 Å². The molecule has 0 atom stereocenters. The van der Waals surface area contributed by atoms with E-state index in [1.165, 1.54) is 6.20 Å². The van der Waals surface area contributed by atoms with Gasteiger partial charge in [0.1, 0.15) is 0 Å². The molecule has 7 heteroatoms. The molecule has 1 aromatic carbocycles. The van der Waals surface area contributed by atoms with Crippen molar-refractivity contribution in [1.29, 1.82) is 0 Å². The van der Waals surface area contributed by atoms with Gasteiger partial charge in [-0.2, -0.15) is 15.0 Å². The number of carbonyl (C=O) groups excluding carboxylic acids is 1. The normalized spacial score (nSPS) is 10.9. The van der Waals surface area contributed by atoms with E-state index in [9.17, 15) is 4.79 Å². The zero-order valence-electron chi connectivity index (χ0n) is 12.3. The van der Waals surface area contributed by atoms with Crippen LogP contribution in [0.5, 0.6) is 0 Å². The second-order valence-electron chi connectivity index (χ2n) is 5.10. The first-order chi connectivity index (χ1) is 10.6. The number of nitrogens with one attached hydrogen (secondary N) is 1. The van der Waals surface area contributed by atoms with Crippen LogP contribution in [0, 0.1) is 0 Å². The van der Waals surface area contributed by atoms with Gasteiger partial charge < -0.3 is 5.32 Å². The van der Waals surface area contributed by atoms with E-state index in [4.69, 9.17) is 0 Å². The fraction of sp³-hybridized carbons (Fsp3) is 0.200. The minimum Gasteiger partial charge on any atom is -0.304 e. The third-order valence-corrected chi connectivity index (χ3v) is 3.09. The Morgan fingerprint density at radius 2 is 2.09 bits per heavy atom. The van der Waals surface area contributed by atoms with Gasteiger partial charge in [-0.25, -0.2) is 4.68 Å². The molecule has 0 aliphatic heterocycles. The SMILES string of the molecule is CC(C)n1ncc(NC(=O)c2cccc(-n3cccn3)c2)n1. The number of hydrogen-bond donors (Lipinski definition) is 1. The van der Waals surface area contributed by atoms with Gasteiger partial charge in [0.2, 0.25) is 0 Å². The van der Waals surface area contributed by atoms with Crippen LogP contribution < -0.4 is 5.32 Å². The van der Waals surface area contributed by atoms with E-state index in [0.717, 1.165) is 5.69 Å². The van der Waals surface area contributed by atoms with Crippen molar-refractivity contribution in [3.05, 3.63) is 54.5 Å². The Hall–Kier alpha value is -2.96. The first kappa shape index (κ1) is 14.0. The highest BCUT2D eigenvalue weighted by Gasteiger charge is 2.10. The molecule has 3 aromatic rings. The molecule has 0 bridgehead atoms. The lowest BCUT2D eigenvalue weighted by atomic mass is 10.2. The molecule has 22 heavy (non-hydrogen) atoms. The van der Waals surface area contributed by atoms with Crippen LogP contribution in [0.2, 0.25) is 0 Å². The van der Waals surface area contributed by atoms with Crippen LogP contribution in [0.25, 0.3) is 5.69 Å². The number of amides is 1. The average molecular weight is 296 g/mol. The van der Waals surface area contributed by atoms with Crippen molar-refractivity contribution in [2.75, 3.05) is 5.32 Å². The Labute approximate surface area is 127 Å². The first-order valence-corrected chi connectivity index (χ1v) is 6.97. The van der Waals surface area contributed by atoms with Gasteiger partial charge >= 0.3 is 0 Å². The fourth-order valence-corrected chi connectivity index (χ4v) is 1.98. The van der Waals surface area contributed by atoms with Crippen LogP contribution in [0.3, 0.4) is 0 Å². The van der Waals surface area contributed by atoms with Gasteiger partial charge in [-0.05, 0) is 38.1 Å². The maximum absolute atomic E-state index is 12.3. The van der Waals surface area contributed by atoms with Crippen molar-refractivity contribution in [2.45, 2.75) is 19.9 Å². The first-order valence-electron chi connectivity index (χ1n) is 6.97. The Morgan fingerprint density at radius 3 is 2.77 bits per heavy atom. The number of carbonyl (C=O) groups is 1. The van der Waals surface area contributed by atoms with Gasteiger partial charge in [0.05, 0.1) is 17.9 Å². The minimum absolute atomic E-state index is 0.147. The predicted molar refractivity (Wildman–Crippen MR) is 81.9 cm³/mol. The minimum atomic E-state index is -0.232. The van der Waals surface area contributed by atoms with Gasteiger partial charge in [0, 0.05) is 18.0 Å². The molecule has 7 nitrogen and oxygen atoms in total. The number of rotatable bonds is 4. The molecular formula is C15H16N6O. The third-order valence-electron chi connectivity index (χ3n) is 3.09. The third kappa shape index (κ3) is 2.88. The van der Waals surface area contributed by atoms with Gasteiger partial charge in [0.15, 0.2) is 5.82 Å². The molecule has 1 N–H and O–H groups in total. The molecule has 0 saturated heterocycles. The van der Waals surface area contributed by atoms with Crippen molar-refractivity contribution in [3.63, 3.8) is 0 Å². The van der Waals surface area contributed by atoms with Gasteiger partial charge in [-0.3, -0.25) is 4.79 Å². The monoisotopic (exact) mass is 296 g/mol. The molecule has 0 unspecified atom stereocenters. The van der Waals surface area contributed by atoms with Crippen molar-refractivity contribution in [2.24, 2.45) is 0 Å². The Morgan fingerprint density at radius 1 is 1.23 bits per heavy atom.